The zero-order chi connectivity index (χ0) is 26.6. The van der Waals surface area contributed by atoms with Crippen molar-refractivity contribution in [3.05, 3.63) is 64.3 Å². The summed E-state index contributed by atoms with van der Waals surface area (Å²) in [5.74, 6) is -2.82. The van der Waals surface area contributed by atoms with Gasteiger partial charge in [0, 0.05) is 18.4 Å². The summed E-state index contributed by atoms with van der Waals surface area (Å²) >= 11 is 6.34. The van der Waals surface area contributed by atoms with Gasteiger partial charge in [0.05, 0.1) is 41.3 Å². The van der Waals surface area contributed by atoms with Gasteiger partial charge in [-0.1, -0.05) is 23.7 Å². The maximum absolute atomic E-state index is 13.0. The number of aliphatic hydroxyl groups excluding tert-OH is 2. The molecule has 3 aromatic rings. The average Bonchev–Trinajstić information content (AvgIpc) is 3.16. The van der Waals surface area contributed by atoms with Crippen LogP contribution in [-0.4, -0.2) is 60.6 Å². The molecule has 3 rings (SSSR count). The van der Waals surface area contributed by atoms with Crippen molar-refractivity contribution in [1.82, 2.24) is 9.88 Å². The van der Waals surface area contributed by atoms with Crippen LogP contribution in [0, 0.1) is 12.8 Å². The molecule has 0 saturated heterocycles. The zero-order valence-corrected chi connectivity index (χ0v) is 21.8. The number of fused-ring (bicyclic) bond motifs is 1. The number of ether oxygens (including phenoxy) is 1. The van der Waals surface area contributed by atoms with E-state index in [4.69, 9.17) is 26.6 Å². The number of aromatic nitrogens is 1. The quantitative estimate of drug-likeness (QED) is 0.339. The Hall–Kier alpha value is -2.92. The van der Waals surface area contributed by atoms with E-state index in [9.17, 15) is 18.0 Å². The van der Waals surface area contributed by atoms with E-state index in [1.165, 1.54) is 12.1 Å². The van der Waals surface area contributed by atoms with Crippen LogP contribution in [0.3, 0.4) is 0 Å². The highest BCUT2D eigenvalue weighted by Crippen LogP contribution is 2.28. The van der Waals surface area contributed by atoms with Gasteiger partial charge in [0.1, 0.15) is 5.69 Å². The monoisotopic (exact) mass is 536 g/mol. The minimum Gasteiger partial charge on any atom is -0.464 e. The zero-order valence-electron chi connectivity index (χ0n) is 20.2. The SMILES string of the molecule is Cc1cc(Cl)c2cc(C(=O)N[C@H](C)c3ccc(S(=O)(=O)CC(=O)OCC(CO)CO)cc3)n(C)c2c1. The number of aryl methyl sites for hydroxylation is 2. The number of halogens is 1. The first-order valence-electron chi connectivity index (χ1n) is 11.2. The van der Waals surface area contributed by atoms with Gasteiger partial charge in [-0.15, -0.1) is 0 Å². The lowest BCUT2D eigenvalue weighted by molar-refractivity contribution is -0.142. The van der Waals surface area contributed by atoms with Crippen molar-refractivity contribution < 1.29 is 33.0 Å². The van der Waals surface area contributed by atoms with Gasteiger partial charge in [0.15, 0.2) is 15.6 Å². The molecule has 1 aromatic heterocycles. The van der Waals surface area contributed by atoms with Gasteiger partial charge in [-0.2, -0.15) is 0 Å². The Balaban J connectivity index is 1.67. The molecule has 0 aliphatic heterocycles. The number of benzene rings is 2. The number of rotatable bonds is 10. The standard InChI is InChI=1S/C25H29ClN2O7S/c1-15-8-21(26)20-10-23(28(3)22(20)9-15)25(32)27-16(2)18-4-6-19(7-5-18)36(33,34)14-24(31)35-13-17(11-29)12-30/h4-10,16-17,29-30H,11-14H2,1-3H3,(H,27,32)/t16-/m1/s1. The number of carbonyl (C=O) groups excluding carboxylic acids is 2. The van der Waals surface area contributed by atoms with E-state index in [1.807, 2.05) is 19.1 Å². The molecular formula is C25H29ClN2O7S. The molecule has 0 unspecified atom stereocenters. The summed E-state index contributed by atoms with van der Waals surface area (Å²) in [6, 6.07) is 11.0. The summed E-state index contributed by atoms with van der Waals surface area (Å²) in [5.41, 5.74) is 2.93. The third-order valence-electron chi connectivity index (χ3n) is 5.88. The van der Waals surface area contributed by atoms with Gasteiger partial charge in [0.2, 0.25) is 0 Å². The Bertz CT molecular complexity index is 1360. The molecule has 0 radical (unpaired) electrons. The molecule has 0 aliphatic rings. The molecule has 0 saturated carbocycles. The van der Waals surface area contributed by atoms with Crippen molar-refractivity contribution in [3.63, 3.8) is 0 Å². The maximum atomic E-state index is 13.0. The number of nitrogens with zero attached hydrogens (tertiary/aromatic N) is 1. The molecule has 9 nitrogen and oxygen atoms in total. The van der Waals surface area contributed by atoms with E-state index in [-0.39, 0.29) is 30.6 Å². The average molecular weight is 537 g/mol. The lowest BCUT2D eigenvalue weighted by atomic mass is 10.1. The predicted octanol–water partition coefficient (Wildman–Crippen LogP) is 2.55. The second kappa shape index (κ2) is 11.4. The third kappa shape index (κ3) is 6.25. The minimum absolute atomic E-state index is 0.0683. The van der Waals surface area contributed by atoms with Crippen LogP contribution in [-0.2, 0) is 26.4 Å². The fourth-order valence-corrected chi connectivity index (χ4v) is 5.14. The molecule has 194 valence electrons. The van der Waals surface area contributed by atoms with Crippen LogP contribution in [0.15, 0.2) is 47.4 Å². The van der Waals surface area contributed by atoms with E-state index < -0.39 is 33.5 Å². The van der Waals surface area contributed by atoms with E-state index in [0.717, 1.165) is 16.5 Å². The molecule has 3 N–H and O–H groups in total. The normalized spacial score (nSPS) is 12.6. The highest BCUT2D eigenvalue weighted by atomic mass is 35.5. The van der Waals surface area contributed by atoms with Crippen molar-refractivity contribution in [2.75, 3.05) is 25.6 Å². The van der Waals surface area contributed by atoms with Gasteiger partial charge in [-0.05, 0) is 55.3 Å². The van der Waals surface area contributed by atoms with Gasteiger partial charge < -0.3 is 24.8 Å². The largest absolute Gasteiger partial charge is 0.464 e. The van der Waals surface area contributed by atoms with Crippen LogP contribution in [0.5, 0.6) is 0 Å². The van der Waals surface area contributed by atoms with Gasteiger partial charge >= 0.3 is 5.97 Å². The number of amides is 1. The van der Waals surface area contributed by atoms with Crippen molar-refractivity contribution >= 4 is 44.2 Å². The van der Waals surface area contributed by atoms with Crippen molar-refractivity contribution in [1.29, 1.82) is 0 Å². The number of carbonyl (C=O) groups is 2. The van der Waals surface area contributed by atoms with Gasteiger partial charge in [0.25, 0.3) is 5.91 Å². The van der Waals surface area contributed by atoms with E-state index in [1.54, 1.807) is 36.7 Å². The number of sulfone groups is 1. The molecular weight excluding hydrogens is 508 g/mol. The number of aliphatic hydroxyl groups is 2. The van der Waals surface area contributed by atoms with Crippen LogP contribution in [0.25, 0.3) is 10.9 Å². The van der Waals surface area contributed by atoms with Crippen molar-refractivity contribution in [2.24, 2.45) is 13.0 Å². The third-order valence-corrected chi connectivity index (χ3v) is 7.80. The second-order valence-corrected chi connectivity index (χ2v) is 11.1. The Kier molecular flexibility index (Phi) is 8.78. The van der Waals surface area contributed by atoms with Gasteiger partial charge in [-0.25, -0.2) is 8.42 Å². The molecule has 1 amide bonds. The predicted molar refractivity (Wildman–Crippen MR) is 136 cm³/mol. The van der Waals surface area contributed by atoms with Crippen LogP contribution < -0.4 is 5.32 Å². The van der Waals surface area contributed by atoms with E-state index in [0.29, 0.717) is 16.3 Å². The first-order valence-corrected chi connectivity index (χ1v) is 13.3. The topological polar surface area (TPSA) is 135 Å². The second-order valence-electron chi connectivity index (χ2n) is 8.71. The molecule has 1 atom stereocenters. The lowest BCUT2D eigenvalue weighted by Crippen LogP contribution is -2.28. The Labute approximate surface area is 214 Å². The maximum Gasteiger partial charge on any atom is 0.321 e. The number of hydrogen-bond acceptors (Lipinski definition) is 7. The Morgan fingerprint density at radius 3 is 2.36 bits per heavy atom. The summed E-state index contributed by atoms with van der Waals surface area (Å²) in [6.45, 7) is 2.65. The summed E-state index contributed by atoms with van der Waals surface area (Å²) in [6.07, 6.45) is 0. The smallest absolute Gasteiger partial charge is 0.321 e. The van der Waals surface area contributed by atoms with Crippen LogP contribution in [0.2, 0.25) is 5.02 Å². The van der Waals surface area contributed by atoms with E-state index >= 15 is 0 Å². The number of hydrogen-bond donors (Lipinski definition) is 3. The van der Waals surface area contributed by atoms with Crippen molar-refractivity contribution in [2.45, 2.75) is 24.8 Å². The number of esters is 1. The highest BCUT2D eigenvalue weighted by Gasteiger charge is 2.23. The summed E-state index contributed by atoms with van der Waals surface area (Å²) in [7, 11) is -2.17. The van der Waals surface area contributed by atoms with E-state index in [2.05, 4.69) is 5.32 Å². The highest BCUT2D eigenvalue weighted by molar-refractivity contribution is 7.92. The molecule has 0 aliphatic carbocycles. The molecule has 36 heavy (non-hydrogen) atoms. The lowest BCUT2D eigenvalue weighted by Gasteiger charge is -2.15. The van der Waals surface area contributed by atoms with Crippen molar-refractivity contribution in [3.8, 4) is 0 Å². The minimum atomic E-state index is -3.96. The Morgan fingerprint density at radius 2 is 1.75 bits per heavy atom. The number of nitrogens with one attached hydrogen (secondary N) is 1. The molecule has 2 aromatic carbocycles. The molecule has 0 spiro atoms. The van der Waals surface area contributed by atoms with Crippen LogP contribution in [0.4, 0.5) is 0 Å². The molecule has 1 heterocycles. The van der Waals surface area contributed by atoms with Gasteiger partial charge in [-0.3, -0.25) is 9.59 Å². The molecule has 0 fully saturated rings. The molecule has 0 bridgehead atoms. The fourth-order valence-electron chi connectivity index (χ4n) is 3.71. The first kappa shape index (κ1) is 27.7. The molecule has 11 heteroatoms. The van der Waals surface area contributed by atoms with Crippen LogP contribution in [0.1, 0.15) is 34.6 Å². The summed E-state index contributed by atoms with van der Waals surface area (Å²) in [5, 5.41) is 22.3. The Morgan fingerprint density at radius 1 is 1.11 bits per heavy atom. The fraction of sp³-hybridized carbons (Fsp3) is 0.360. The summed E-state index contributed by atoms with van der Waals surface area (Å²) < 4.78 is 31.7. The van der Waals surface area contributed by atoms with Crippen LogP contribution >= 0.6 is 11.6 Å². The summed E-state index contributed by atoms with van der Waals surface area (Å²) in [4.78, 5) is 24.8. The first-order chi connectivity index (χ1) is 17.0.